The van der Waals surface area contributed by atoms with Gasteiger partial charge >= 0.3 is 5.97 Å². The van der Waals surface area contributed by atoms with Gasteiger partial charge in [-0.05, 0) is 12.3 Å². The van der Waals surface area contributed by atoms with Crippen molar-refractivity contribution in [3.8, 4) is 0 Å². The topological polar surface area (TPSA) is 94.9 Å². The van der Waals surface area contributed by atoms with Crippen LogP contribution >= 0.6 is 0 Å². The van der Waals surface area contributed by atoms with Gasteiger partial charge in [-0.15, -0.1) is 0 Å². The largest absolute Gasteiger partial charge is 0.480 e. The number of hydrogen-bond acceptors (Lipinski definition) is 4. The summed E-state index contributed by atoms with van der Waals surface area (Å²) in [6.45, 7) is 0.478. The molecule has 1 unspecified atom stereocenters. The number of aliphatic hydroxyl groups excluding tert-OH is 1. The second-order valence-electron chi connectivity index (χ2n) is 3.35. The minimum atomic E-state index is -3.68. The first-order chi connectivity index (χ1) is 6.45. The molecule has 6 nitrogen and oxygen atoms in total. The molecule has 82 valence electrons. The van der Waals surface area contributed by atoms with Crippen LogP contribution in [0.3, 0.4) is 0 Å². The van der Waals surface area contributed by atoms with Gasteiger partial charge in [0.25, 0.3) is 0 Å². The fourth-order valence-electron chi connectivity index (χ4n) is 1.45. The number of sulfonamides is 1. The third-order valence-corrected chi connectivity index (χ3v) is 3.94. The maximum atomic E-state index is 11.4. The SMILES string of the molecule is O=C(O)CS(=O)(=O)N1CCC(CO)C1. The lowest BCUT2D eigenvalue weighted by atomic mass is 10.1. The van der Waals surface area contributed by atoms with Gasteiger partial charge in [-0.25, -0.2) is 12.7 Å². The summed E-state index contributed by atoms with van der Waals surface area (Å²) in [5.74, 6) is -2.28. The molecule has 1 heterocycles. The summed E-state index contributed by atoms with van der Waals surface area (Å²) in [6, 6.07) is 0. The highest BCUT2D eigenvalue weighted by Gasteiger charge is 2.32. The van der Waals surface area contributed by atoms with Gasteiger partial charge in [0.05, 0.1) is 0 Å². The molecule has 0 aromatic carbocycles. The van der Waals surface area contributed by atoms with Crippen molar-refractivity contribution < 1.29 is 23.4 Å². The summed E-state index contributed by atoms with van der Waals surface area (Å²) in [4.78, 5) is 10.3. The summed E-state index contributed by atoms with van der Waals surface area (Å²) >= 11 is 0. The molecule has 1 rings (SSSR count). The Morgan fingerprint density at radius 2 is 2.14 bits per heavy atom. The Hall–Kier alpha value is -0.660. The summed E-state index contributed by atoms with van der Waals surface area (Å²) < 4.78 is 23.9. The zero-order valence-corrected chi connectivity index (χ0v) is 8.40. The molecule has 14 heavy (non-hydrogen) atoms. The van der Waals surface area contributed by atoms with Gasteiger partial charge in [0.15, 0.2) is 5.75 Å². The maximum Gasteiger partial charge on any atom is 0.320 e. The van der Waals surface area contributed by atoms with Crippen LogP contribution in [0.25, 0.3) is 0 Å². The summed E-state index contributed by atoms with van der Waals surface area (Å²) in [5, 5.41) is 17.2. The maximum absolute atomic E-state index is 11.4. The van der Waals surface area contributed by atoms with E-state index in [0.29, 0.717) is 13.0 Å². The Morgan fingerprint density at radius 3 is 2.57 bits per heavy atom. The molecule has 2 N–H and O–H groups in total. The van der Waals surface area contributed by atoms with Crippen LogP contribution < -0.4 is 0 Å². The van der Waals surface area contributed by atoms with Crippen LogP contribution in [0.1, 0.15) is 6.42 Å². The lowest BCUT2D eigenvalue weighted by Gasteiger charge is -2.14. The third kappa shape index (κ3) is 2.66. The Kier molecular flexibility index (Phi) is 3.46. The second-order valence-corrected chi connectivity index (χ2v) is 5.31. The Bertz CT molecular complexity index is 312. The van der Waals surface area contributed by atoms with E-state index < -0.39 is 21.7 Å². The van der Waals surface area contributed by atoms with Crippen molar-refractivity contribution in [2.45, 2.75) is 6.42 Å². The van der Waals surface area contributed by atoms with Crippen LogP contribution in [-0.4, -0.2) is 54.4 Å². The van der Waals surface area contributed by atoms with Crippen LogP contribution in [0.15, 0.2) is 0 Å². The van der Waals surface area contributed by atoms with Gasteiger partial charge in [0, 0.05) is 19.7 Å². The number of aliphatic carboxylic acids is 1. The standard InChI is InChI=1S/C7H13NO5S/c9-4-6-1-2-8(3-6)14(12,13)5-7(10)11/h6,9H,1-5H2,(H,10,11). The predicted octanol–water partition coefficient (Wildman–Crippen LogP) is -1.28. The number of carbonyl (C=O) groups is 1. The Labute approximate surface area is 82.2 Å². The van der Waals surface area contributed by atoms with E-state index in [1.807, 2.05) is 0 Å². The number of rotatable bonds is 4. The van der Waals surface area contributed by atoms with Crippen molar-refractivity contribution in [3.63, 3.8) is 0 Å². The van der Waals surface area contributed by atoms with E-state index in [-0.39, 0.29) is 19.1 Å². The van der Waals surface area contributed by atoms with E-state index in [2.05, 4.69) is 0 Å². The van der Waals surface area contributed by atoms with Crippen molar-refractivity contribution in [2.75, 3.05) is 25.4 Å². The molecule has 1 saturated heterocycles. The predicted molar refractivity (Wildman–Crippen MR) is 48.2 cm³/mol. The number of carboxylic acids is 1. The van der Waals surface area contributed by atoms with E-state index in [1.165, 1.54) is 0 Å². The smallest absolute Gasteiger partial charge is 0.320 e. The van der Waals surface area contributed by atoms with E-state index in [1.54, 1.807) is 0 Å². The summed E-state index contributed by atoms with van der Waals surface area (Å²) in [7, 11) is -3.68. The molecular weight excluding hydrogens is 210 g/mol. The van der Waals surface area contributed by atoms with E-state index in [4.69, 9.17) is 10.2 Å². The molecule has 0 aromatic rings. The fraction of sp³-hybridized carbons (Fsp3) is 0.857. The highest BCUT2D eigenvalue weighted by Crippen LogP contribution is 2.18. The molecule has 0 aromatic heterocycles. The first-order valence-electron chi connectivity index (χ1n) is 4.26. The van der Waals surface area contributed by atoms with E-state index >= 15 is 0 Å². The van der Waals surface area contributed by atoms with Crippen LogP contribution in [0.5, 0.6) is 0 Å². The molecule has 1 aliphatic heterocycles. The molecule has 1 atom stereocenters. The van der Waals surface area contributed by atoms with Gasteiger partial charge < -0.3 is 10.2 Å². The van der Waals surface area contributed by atoms with Crippen molar-refractivity contribution in [1.29, 1.82) is 0 Å². The number of carboxylic acid groups (broad SMARTS) is 1. The van der Waals surface area contributed by atoms with Gasteiger partial charge in [-0.3, -0.25) is 4.79 Å². The minimum Gasteiger partial charge on any atom is -0.480 e. The lowest BCUT2D eigenvalue weighted by Crippen LogP contribution is -2.34. The van der Waals surface area contributed by atoms with Gasteiger partial charge in [-0.2, -0.15) is 0 Å². The zero-order valence-electron chi connectivity index (χ0n) is 7.59. The number of hydrogen-bond donors (Lipinski definition) is 2. The minimum absolute atomic E-state index is 0.0565. The molecule has 1 aliphatic rings. The fourth-order valence-corrected chi connectivity index (χ4v) is 2.76. The average molecular weight is 223 g/mol. The Morgan fingerprint density at radius 1 is 1.50 bits per heavy atom. The van der Waals surface area contributed by atoms with Crippen LogP contribution in [0.2, 0.25) is 0 Å². The van der Waals surface area contributed by atoms with Gasteiger partial charge in [-0.1, -0.05) is 0 Å². The third-order valence-electron chi connectivity index (χ3n) is 2.21. The van der Waals surface area contributed by atoms with E-state index in [9.17, 15) is 13.2 Å². The van der Waals surface area contributed by atoms with Crippen molar-refractivity contribution in [3.05, 3.63) is 0 Å². The summed E-state index contributed by atoms with van der Waals surface area (Å²) in [6.07, 6.45) is 0.593. The molecule has 0 radical (unpaired) electrons. The zero-order chi connectivity index (χ0) is 10.8. The summed E-state index contributed by atoms with van der Waals surface area (Å²) in [5.41, 5.74) is 0. The monoisotopic (exact) mass is 223 g/mol. The molecule has 7 heteroatoms. The van der Waals surface area contributed by atoms with Crippen LogP contribution in [0.4, 0.5) is 0 Å². The van der Waals surface area contributed by atoms with Crippen molar-refractivity contribution >= 4 is 16.0 Å². The number of nitrogens with zero attached hydrogens (tertiary/aromatic N) is 1. The van der Waals surface area contributed by atoms with Crippen molar-refractivity contribution in [1.82, 2.24) is 4.31 Å². The molecule has 0 saturated carbocycles. The average Bonchev–Trinajstić information content (AvgIpc) is 2.49. The molecule has 1 fully saturated rings. The number of aliphatic hydroxyl groups is 1. The van der Waals surface area contributed by atoms with Gasteiger partial charge in [0.1, 0.15) is 0 Å². The van der Waals surface area contributed by atoms with Crippen molar-refractivity contribution in [2.24, 2.45) is 5.92 Å². The van der Waals surface area contributed by atoms with Crippen LogP contribution in [-0.2, 0) is 14.8 Å². The second kappa shape index (κ2) is 4.24. The first-order valence-corrected chi connectivity index (χ1v) is 5.87. The quantitative estimate of drug-likeness (QED) is 0.618. The first kappa shape index (κ1) is 11.4. The lowest BCUT2D eigenvalue weighted by molar-refractivity contribution is -0.134. The normalized spacial score (nSPS) is 23.9. The van der Waals surface area contributed by atoms with Gasteiger partial charge in [0.2, 0.25) is 10.0 Å². The molecule has 0 amide bonds. The highest BCUT2D eigenvalue weighted by molar-refractivity contribution is 7.89. The van der Waals surface area contributed by atoms with Crippen LogP contribution in [0, 0.1) is 5.92 Å². The molecule has 0 aliphatic carbocycles. The molecule has 0 bridgehead atoms. The van der Waals surface area contributed by atoms with E-state index in [0.717, 1.165) is 4.31 Å². The highest BCUT2D eigenvalue weighted by atomic mass is 32.2. The molecule has 0 spiro atoms. The Balaban J connectivity index is 2.62. The molecular formula is C7H13NO5S.